The monoisotopic (exact) mass is 370 g/mol. The lowest BCUT2D eigenvalue weighted by Gasteiger charge is -2.39. The zero-order valence-corrected chi connectivity index (χ0v) is 16.4. The number of ether oxygens (including phenoxy) is 1. The van der Waals surface area contributed by atoms with Crippen LogP contribution in [0.5, 0.6) is 0 Å². The van der Waals surface area contributed by atoms with Crippen molar-refractivity contribution in [3.05, 3.63) is 30.0 Å². The number of nitrogens with zero attached hydrogens (tertiary/aromatic N) is 3. The van der Waals surface area contributed by atoms with Gasteiger partial charge in [0.1, 0.15) is 0 Å². The number of likely N-dealkylation sites (tertiary alicyclic amines) is 1. The van der Waals surface area contributed by atoms with Crippen LogP contribution >= 0.6 is 0 Å². The van der Waals surface area contributed by atoms with E-state index in [1.165, 1.54) is 0 Å². The van der Waals surface area contributed by atoms with E-state index in [1.807, 2.05) is 28.9 Å². The first-order chi connectivity index (χ1) is 13.1. The normalized spacial score (nSPS) is 20.4. The number of piperidine rings is 1. The van der Waals surface area contributed by atoms with Crippen LogP contribution in [0, 0.1) is 0 Å². The lowest BCUT2D eigenvalue weighted by atomic mass is 9.99. The molecule has 1 aromatic heterocycles. The number of aromatic nitrogens is 2. The van der Waals surface area contributed by atoms with Gasteiger partial charge in [0.15, 0.2) is 5.69 Å². The number of rotatable bonds is 4. The van der Waals surface area contributed by atoms with Gasteiger partial charge in [0.05, 0.1) is 5.52 Å². The number of hydrogen-bond acceptors (Lipinski definition) is 4. The van der Waals surface area contributed by atoms with Crippen LogP contribution in [0.1, 0.15) is 56.1 Å². The molecule has 0 spiro atoms. The van der Waals surface area contributed by atoms with Crippen LogP contribution < -0.4 is 5.32 Å². The van der Waals surface area contributed by atoms with Crippen molar-refractivity contribution in [3.63, 3.8) is 0 Å². The average Bonchev–Trinajstić information content (AvgIpc) is 3.09. The van der Waals surface area contributed by atoms with Gasteiger partial charge in [-0.1, -0.05) is 18.2 Å². The lowest BCUT2D eigenvalue weighted by Crippen LogP contribution is -2.49. The van der Waals surface area contributed by atoms with E-state index in [2.05, 4.69) is 29.2 Å². The summed E-state index contributed by atoms with van der Waals surface area (Å²) in [6.45, 7) is 8.05. The third kappa shape index (κ3) is 3.87. The number of fused-ring (bicyclic) bond motifs is 1. The highest BCUT2D eigenvalue weighted by molar-refractivity contribution is 6.05. The summed E-state index contributed by atoms with van der Waals surface area (Å²) >= 11 is 0. The van der Waals surface area contributed by atoms with Gasteiger partial charge in [0.2, 0.25) is 0 Å². The minimum Gasteiger partial charge on any atom is -0.381 e. The molecule has 0 bridgehead atoms. The Bertz CT molecular complexity index is 787. The standard InChI is InChI=1S/C21H30N4O2/c1-15(2)25-19-6-4-3-5-18(19)20(23-25)21(26)22-16-7-11-24(12-8-16)17-9-13-27-14-10-17/h3-6,15-17H,7-14H2,1-2H3,(H,22,26). The van der Waals surface area contributed by atoms with E-state index >= 15 is 0 Å². The molecule has 2 aliphatic rings. The van der Waals surface area contributed by atoms with Crippen molar-refractivity contribution in [3.8, 4) is 0 Å². The predicted octanol–water partition coefficient (Wildman–Crippen LogP) is 2.99. The van der Waals surface area contributed by atoms with Gasteiger partial charge in [-0.25, -0.2) is 0 Å². The zero-order valence-electron chi connectivity index (χ0n) is 16.4. The number of para-hydroxylation sites is 1. The molecule has 1 aromatic carbocycles. The molecule has 0 atom stereocenters. The van der Waals surface area contributed by atoms with Gasteiger partial charge in [0.25, 0.3) is 5.91 Å². The number of amides is 1. The van der Waals surface area contributed by atoms with E-state index in [0.717, 1.165) is 62.9 Å². The van der Waals surface area contributed by atoms with Crippen molar-refractivity contribution in [2.24, 2.45) is 0 Å². The molecule has 6 nitrogen and oxygen atoms in total. The number of benzene rings is 1. The fourth-order valence-electron chi connectivity index (χ4n) is 4.36. The molecule has 27 heavy (non-hydrogen) atoms. The molecule has 2 saturated heterocycles. The first-order valence-electron chi connectivity index (χ1n) is 10.2. The SMILES string of the molecule is CC(C)n1nc(C(=O)NC2CCN(C3CCOCC3)CC2)c2ccccc21. The van der Waals surface area contributed by atoms with E-state index in [4.69, 9.17) is 4.74 Å². The summed E-state index contributed by atoms with van der Waals surface area (Å²) in [7, 11) is 0. The molecule has 2 aliphatic heterocycles. The summed E-state index contributed by atoms with van der Waals surface area (Å²) in [5, 5.41) is 8.79. The van der Waals surface area contributed by atoms with E-state index in [0.29, 0.717) is 11.7 Å². The van der Waals surface area contributed by atoms with Crippen molar-refractivity contribution in [1.82, 2.24) is 20.0 Å². The molecule has 2 aromatic rings. The van der Waals surface area contributed by atoms with Crippen molar-refractivity contribution in [2.75, 3.05) is 26.3 Å². The van der Waals surface area contributed by atoms with Crippen LogP contribution in [0.25, 0.3) is 10.9 Å². The second-order valence-corrected chi connectivity index (χ2v) is 8.03. The Balaban J connectivity index is 1.41. The minimum atomic E-state index is -0.0462. The van der Waals surface area contributed by atoms with Gasteiger partial charge in [-0.15, -0.1) is 0 Å². The lowest BCUT2D eigenvalue weighted by molar-refractivity contribution is 0.0238. The Morgan fingerprint density at radius 3 is 2.56 bits per heavy atom. The highest BCUT2D eigenvalue weighted by Gasteiger charge is 2.28. The Morgan fingerprint density at radius 1 is 1.15 bits per heavy atom. The topological polar surface area (TPSA) is 59.4 Å². The first kappa shape index (κ1) is 18.4. The summed E-state index contributed by atoms with van der Waals surface area (Å²) in [5.41, 5.74) is 1.57. The number of nitrogens with one attached hydrogen (secondary N) is 1. The molecule has 1 N–H and O–H groups in total. The summed E-state index contributed by atoms with van der Waals surface area (Å²) in [6, 6.07) is 9.10. The van der Waals surface area contributed by atoms with Gasteiger partial charge in [-0.2, -0.15) is 5.10 Å². The Hall–Kier alpha value is -1.92. The number of carbonyl (C=O) groups is 1. The van der Waals surface area contributed by atoms with Crippen LogP contribution in [0.2, 0.25) is 0 Å². The Labute approximate surface area is 160 Å². The van der Waals surface area contributed by atoms with E-state index in [9.17, 15) is 4.79 Å². The molecular weight excluding hydrogens is 340 g/mol. The maximum absolute atomic E-state index is 12.9. The molecule has 3 heterocycles. The van der Waals surface area contributed by atoms with Crippen LogP contribution in [-0.2, 0) is 4.74 Å². The largest absolute Gasteiger partial charge is 0.381 e. The second-order valence-electron chi connectivity index (χ2n) is 8.03. The second kappa shape index (κ2) is 7.98. The molecule has 0 radical (unpaired) electrons. The number of hydrogen-bond donors (Lipinski definition) is 1. The highest BCUT2D eigenvalue weighted by atomic mass is 16.5. The molecule has 1 amide bonds. The maximum atomic E-state index is 12.9. The van der Waals surface area contributed by atoms with Gasteiger partial charge in [-0.05, 0) is 45.6 Å². The Morgan fingerprint density at radius 2 is 1.85 bits per heavy atom. The minimum absolute atomic E-state index is 0.0462. The molecule has 6 heteroatoms. The summed E-state index contributed by atoms with van der Waals surface area (Å²) in [4.78, 5) is 15.5. The smallest absolute Gasteiger partial charge is 0.272 e. The van der Waals surface area contributed by atoms with E-state index in [1.54, 1.807) is 0 Å². The van der Waals surface area contributed by atoms with Gasteiger partial charge < -0.3 is 15.0 Å². The molecule has 0 saturated carbocycles. The first-order valence-corrected chi connectivity index (χ1v) is 10.2. The third-order valence-electron chi connectivity index (χ3n) is 5.89. The van der Waals surface area contributed by atoms with Gasteiger partial charge in [-0.3, -0.25) is 9.48 Å². The van der Waals surface area contributed by atoms with Crippen LogP contribution in [0.3, 0.4) is 0 Å². The van der Waals surface area contributed by atoms with Crippen molar-refractivity contribution in [1.29, 1.82) is 0 Å². The zero-order chi connectivity index (χ0) is 18.8. The van der Waals surface area contributed by atoms with Crippen molar-refractivity contribution >= 4 is 16.8 Å². The van der Waals surface area contributed by atoms with Crippen LogP contribution in [-0.4, -0.2) is 59.0 Å². The molecule has 2 fully saturated rings. The third-order valence-corrected chi connectivity index (χ3v) is 5.89. The fourth-order valence-corrected chi connectivity index (χ4v) is 4.36. The van der Waals surface area contributed by atoms with E-state index in [-0.39, 0.29) is 18.0 Å². The molecule has 0 unspecified atom stereocenters. The van der Waals surface area contributed by atoms with Crippen molar-refractivity contribution < 1.29 is 9.53 Å². The quantitative estimate of drug-likeness (QED) is 0.899. The van der Waals surface area contributed by atoms with Crippen molar-refractivity contribution in [2.45, 2.75) is 57.7 Å². The van der Waals surface area contributed by atoms with Crippen LogP contribution in [0.4, 0.5) is 0 Å². The van der Waals surface area contributed by atoms with Gasteiger partial charge >= 0.3 is 0 Å². The van der Waals surface area contributed by atoms with E-state index < -0.39 is 0 Å². The average molecular weight is 370 g/mol. The highest BCUT2D eigenvalue weighted by Crippen LogP contribution is 2.23. The molecule has 146 valence electrons. The fraction of sp³-hybridized carbons (Fsp3) is 0.619. The molecule has 0 aliphatic carbocycles. The number of carbonyl (C=O) groups excluding carboxylic acids is 1. The van der Waals surface area contributed by atoms with Crippen LogP contribution in [0.15, 0.2) is 24.3 Å². The summed E-state index contributed by atoms with van der Waals surface area (Å²) in [5.74, 6) is -0.0462. The Kier molecular flexibility index (Phi) is 5.45. The summed E-state index contributed by atoms with van der Waals surface area (Å²) < 4.78 is 7.42. The van der Waals surface area contributed by atoms with Gasteiger partial charge in [0, 0.05) is 49.8 Å². The predicted molar refractivity (Wildman–Crippen MR) is 106 cm³/mol. The molecular formula is C21H30N4O2. The molecule has 4 rings (SSSR count). The maximum Gasteiger partial charge on any atom is 0.272 e. The summed E-state index contributed by atoms with van der Waals surface area (Å²) in [6.07, 6.45) is 4.28.